The number of esters is 3. The Bertz CT molecular complexity index is 368. The van der Waals surface area contributed by atoms with Gasteiger partial charge in [0.15, 0.2) is 0 Å². The molecule has 0 radical (unpaired) electrons. The molecule has 0 saturated heterocycles. The highest BCUT2D eigenvalue weighted by molar-refractivity contribution is 6.08. The molecule has 1 rings (SSSR count). The van der Waals surface area contributed by atoms with Crippen LogP contribution in [0.4, 0.5) is 0 Å². The summed E-state index contributed by atoms with van der Waals surface area (Å²) in [7, 11) is 3.40. The second-order valence-corrected chi connectivity index (χ2v) is 2.75. The lowest BCUT2D eigenvalue weighted by Gasteiger charge is -2.08. The summed E-state index contributed by atoms with van der Waals surface area (Å²) in [5.41, 5.74) is -0.290. The van der Waals surface area contributed by atoms with Crippen LogP contribution in [0.25, 0.3) is 0 Å². The second-order valence-electron chi connectivity index (χ2n) is 2.75. The minimum Gasteiger partial charge on any atom is -0.489 e. The summed E-state index contributed by atoms with van der Waals surface area (Å²) in [6.07, 6.45) is -1.43. The van der Waals surface area contributed by atoms with Gasteiger partial charge >= 0.3 is 17.9 Å². The Morgan fingerprint density at radius 3 is 2.25 bits per heavy atom. The van der Waals surface area contributed by atoms with Crippen molar-refractivity contribution in [1.82, 2.24) is 0 Å². The first-order chi connectivity index (χ1) is 7.56. The third kappa shape index (κ3) is 1.83. The predicted octanol–water partition coefficient (Wildman–Crippen LogP) is -0.842. The zero-order valence-corrected chi connectivity index (χ0v) is 8.94. The number of hydrogen-bond acceptors (Lipinski definition) is 7. The zero-order chi connectivity index (χ0) is 12.3. The summed E-state index contributed by atoms with van der Waals surface area (Å²) in [4.78, 5) is 33.9. The Kier molecular flexibility index (Phi) is 3.49. The highest BCUT2D eigenvalue weighted by Crippen LogP contribution is 2.25. The molecule has 1 aliphatic heterocycles. The third-order valence-corrected chi connectivity index (χ3v) is 1.94. The van der Waals surface area contributed by atoms with Crippen molar-refractivity contribution in [2.45, 2.75) is 6.10 Å². The van der Waals surface area contributed by atoms with Crippen molar-refractivity contribution in [1.29, 1.82) is 0 Å². The van der Waals surface area contributed by atoms with Crippen LogP contribution in [0.3, 0.4) is 0 Å². The van der Waals surface area contributed by atoms with Crippen molar-refractivity contribution >= 4 is 17.9 Å². The maximum absolute atomic E-state index is 11.4. The van der Waals surface area contributed by atoms with Gasteiger partial charge in [-0.15, -0.1) is 0 Å². The molecule has 7 heteroatoms. The molecule has 0 fully saturated rings. The topological polar surface area (TPSA) is 88.1 Å². The van der Waals surface area contributed by atoms with Gasteiger partial charge < -0.3 is 18.9 Å². The monoisotopic (exact) mass is 230 g/mol. The van der Waals surface area contributed by atoms with Gasteiger partial charge in [0, 0.05) is 0 Å². The molecule has 0 aromatic carbocycles. The maximum Gasteiger partial charge on any atom is 0.375 e. The van der Waals surface area contributed by atoms with Crippen molar-refractivity contribution in [3.63, 3.8) is 0 Å². The van der Waals surface area contributed by atoms with E-state index < -0.39 is 24.0 Å². The number of cyclic esters (lactones) is 1. The van der Waals surface area contributed by atoms with Gasteiger partial charge in [0.25, 0.3) is 0 Å². The first kappa shape index (κ1) is 12.0. The molecule has 0 unspecified atom stereocenters. The van der Waals surface area contributed by atoms with Crippen molar-refractivity contribution < 1.29 is 33.3 Å². The summed E-state index contributed by atoms with van der Waals surface area (Å²) in [6, 6.07) is 0. The average Bonchev–Trinajstić information content (AvgIpc) is 2.63. The molecule has 0 amide bonds. The van der Waals surface area contributed by atoms with Crippen LogP contribution in [0.5, 0.6) is 0 Å². The highest BCUT2D eigenvalue weighted by Gasteiger charge is 2.45. The average molecular weight is 230 g/mol. The number of rotatable bonds is 3. The number of hydrogen-bond donors (Lipinski definition) is 0. The number of carbonyl (C=O) groups excluding carboxylic acids is 3. The Labute approximate surface area is 90.9 Å². The molecular formula is C9H10O7. The smallest absolute Gasteiger partial charge is 0.375 e. The van der Waals surface area contributed by atoms with E-state index in [1.165, 1.54) is 7.11 Å². The van der Waals surface area contributed by atoms with E-state index in [4.69, 9.17) is 0 Å². The predicted molar refractivity (Wildman–Crippen MR) is 47.9 cm³/mol. The van der Waals surface area contributed by atoms with E-state index in [1.807, 2.05) is 0 Å². The lowest BCUT2D eigenvalue weighted by atomic mass is 10.1. The van der Waals surface area contributed by atoms with E-state index in [1.54, 1.807) is 0 Å². The van der Waals surface area contributed by atoms with Gasteiger partial charge in [-0.3, -0.25) is 0 Å². The van der Waals surface area contributed by atoms with Crippen LogP contribution >= 0.6 is 0 Å². The maximum atomic E-state index is 11.4. The second kappa shape index (κ2) is 4.65. The Hall–Kier alpha value is -2.05. The molecule has 1 atom stereocenters. The molecular weight excluding hydrogens is 220 g/mol. The Morgan fingerprint density at radius 2 is 1.81 bits per heavy atom. The molecule has 1 heterocycles. The van der Waals surface area contributed by atoms with Crippen molar-refractivity contribution in [3.05, 3.63) is 11.3 Å². The van der Waals surface area contributed by atoms with Crippen LogP contribution in [0.2, 0.25) is 0 Å². The van der Waals surface area contributed by atoms with Gasteiger partial charge in [-0.2, -0.15) is 0 Å². The molecule has 0 bridgehead atoms. The van der Waals surface area contributed by atoms with Gasteiger partial charge in [0.2, 0.25) is 11.9 Å². The third-order valence-electron chi connectivity index (χ3n) is 1.94. The fraction of sp³-hybridized carbons (Fsp3) is 0.444. The Balaban J connectivity index is 3.16. The molecule has 0 aliphatic carbocycles. The van der Waals surface area contributed by atoms with Crippen LogP contribution in [-0.4, -0.2) is 45.3 Å². The van der Waals surface area contributed by atoms with Crippen LogP contribution in [-0.2, 0) is 33.3 Å². The fourth-order valence-electron chi connectivity index (χ4n) is 1.22. The van der Waals surface area contributed by atoms with Gasteiger partial charge in [0.05, 0.1) is 21.3 Å². The summed E-state index contributed by atoms with van der Waals surface area (Å²) >= 11 is 0. The van der Waals surface area contributed by atoms with Crippen molar-refractivity contribution in [2.24, 2.45) is 0 Å². The minimum atomic E-state index is -1.43. The van der Waals surface area contributed by atoms with Crippen LogP contribution in [0.1, 0.15) is 0 Å². The standard InChI is InChI=1S/C9H10O7/c1-13-5-4(7(10)14-2)6(8(11)15-3)16-9(5)12/h6H,1-3H3/t6-/m0/s1. The highest BCUT2D eigenvalue weighted by atomic mass is 16.6. The summed E-state index contributed by atoms with van der Waals surface area (Å²) in [5.74, 6) is -3.00. The molecule has 7 nitrogen and oxygen atoms in total. The molecule has 0 N–H and O–H groups in total. The molecule has 1 aliphatic rings. The zero-order valence-electron chi connectivity index (χ0n) is 8.94. The SMILES string of the molecule is COC(=O)C1=C(OC)C(=O)O[C@@H]1C(=O)OC. The summed E-state index contributed by atoms with van der Waals surface area (Å²) < 4.78 is 18.1. The van der Waals surface area contributed by atoms with Crippen LogP contribution in [0, 0.1) is 0 Å². The molecule has 0 saturated carbocycles. The number of carbonyl (C=O) groups is 3. The molecule has 0 aromatic rings. The fourth-order valence-corrected chi connectivity index (χ4v) is 1.22. The Morgan fingerprint density at radius 1 is 1.19 bits per heavy atom. The van der Waals surface area contributed by atoms with E-state index in [2.05, 4.69) is 18.9 Å². The number of methoxy groups -OCH3 is 3. The first-order valence-electron chi connectivity index (χ1n) is 4.22. The first-order valence-corrected chi connectivity index (χ1v) is 4.22. The quantitative estimate of drug-likeness (QED) is 0.461. The minimum absolute atomic E-state index is 0.290. The van der Waals surface area contributed by atoms with E-state index in [-0.39, 0.29) is 11.3 Å². The lowest BCUT2D eigenvalue weighted by Crippen LogP contribution is -2.28. The number of ether oxygens (including phenoxy) is 4. The van der Waals surface area contributed by atoms with Crippen LogP contribution < -0.4 is 0 Å². The van der Waals surface area contributed by atoms with Gasteiger partial charge in [-0.25, -0.2) is 14.4 Å². The van der Waals surface area contributed by atoms with E-state index >= 15 is 0 Å². The van der Waals surface area contributed by atoms with Crippen molar-refractivity contribution in [2.75, 3.05) is 21.3 Å². The van der Waals surface area contributed by atoms with Gasteiger partial charge in [-0.1, -0.05) is 0 Å². The summed E-state index contributed by atoms with van der Waals surface area (Å²) in [5, 5.41) is 0. The summed E-state index contributed by atoms with van der Waals surface area (Å²) in [6.45, 7) is 0. The van der Waals surface area contributed by atoms with E-state index in [0.717, 1.165) is 14.2 Å². The van der Waals surface area contributed by atoms with E-state index in [0.29, 0.717) is 0 Å². The van der Waals surface area contributed by atoms with Crippen LogP contribution in [0.15, 0.2) is 11.3 Å². The van der Waals surface area contributed by atoms with Gasteiger partial charge in [-0.05, 0) is 0 Å². The lowest BCUT2D eigenvalue weighted by molar-refractivity contribution is -0.160. The molecule has 88 valence electrons. The van der Waals surface area contributed by atoms with Crippen molar-refractivity contribution in [3.8, 4) is 0 Å². The largest absolute Gasteiger partial charge is 0.489 e. The molecule has 0 spiro atoms. The van der Waals surface area contributed by atoms with E-state index in [9.17, 15) is 14.4 Å². The molecule has 16 heavy (non-hydrogen) atoms. The normalized spacial score (nSPS) is 19.2. The van der Waals surface area contributed by atoms with Gasteiger partial charge in [0.1, 0.15) is 5.57 Å². The molecule has 0 aromatic heterocycles.